The van der Waals surface area contributed by atoms with Gasteiger partial charge in [0.2, 0.25) is 0 Å². The van der Waals surface area contributed by atoms with Crippen LogP contribution in [0.15, 0.2) is 0 Å². The lowest BCUT2D eigenvalue weighted by Gasteiger charge is -2.40. The van der Waals surface area contributed by atoms with E-state index in [0.717, 1.165) is 23.7 Å². The van der Waals surface area contributed by atoms with E-state index < -0.39 is 0 Å². The molecule has 1 heteroatoms. The molecule has 3 rings (SSSR count). The van der Waals surface area contributed by atoms with Crippen molar-refractivity contribution in [1.29, 1.82) is 0 Å². The van der Waals surface area contributed by atoms with Gasteiger partial charge in [-0.1, -0.05) is 13.8 Å². The first-order valence-corrected chi connectivity index (χ1v) is 7.16. The zero-order valence-corrected chi connectivity index (χ0v) is 11.3. The van der Waals surface area contributed by atoms with Crippen LogP contribution in [0.2, 0.25) is 0 Å². The predicted octanol–water partition coefficient (Wildman–Crippen LogP) is 4.02. The minimum Gasteiger partial charge on any atom is -0.368 e. The molecule has 0 aromatic rings. The lowest BCUT2D eigenvalue weighted by atomic mass is 9.77. The summed E-state index contributed by atoms with van der Waals surface area (Å²) in [6.07, 6.45) is 6.95. The minimum atomic E-state index is 0.136. The smallest absolute Gasteiger partial charge is 0.0749 e. The van der Waals surface area contributed by atoms with Crippen LogP contribution in [0.25, 0.3) is 0 Å². The first-order chi connectivity index (χ1) is 7.46. The Labute approximate surface area is 99.9 Å². The number of rotatable bonds is 0. The van der Waals surface area contributed by atoms with Gasteiger partial charge in [-0.15, -0.1) is 0 Å². The van der Waals surface area contributed by atoms with E-state index in [-0.39, 0.29) is 11.2 Å². The van der Waals surface area contributed by atoms with E-state index in [1.807, 2.05) is 0 Å². The van der Waals surface area contributed by atoms with Crippen LogP contribution in [-0.2, 0) is 4.74 Å². The lowest BCUT2D eigenvalue weighted by Crippen LogP contribution is -2.43. The third-order valence-electron chi connectivity index (χ3n) is 6.03. The van der Waals surface area contributed by atoms with Gasteiger partial charge in [-0.2, -0.15) is 0 Å². The molecule has 2 saturated carbocycles. The molecule has 0 amide bonds. The Morgan fingerprint density at radius 3 is 2.50 bits per heavy atom. The molecule has 1 unspecified atom stereocenters. The van der Waals surface area contributed by atoms with Gasteiger partial charge in [0.15, 0.2) is 0 Å². The fourth-order valence-electron chi connectivity index (χ4n) is 4.94. The summed E-state index contributed by atoms with van der Waals surface area (Å²) >= 11 is 0. The van der Waals surface area contributed by atoms with Gasteiger partial charge in [0.05, 0.1) is 11.2 Å². The van der Waals surface area contributed by atoms with E-state index in [1.54, 1.807) is 0 Å². The molecule has 1 saturated heterocycles. The van der Waals surface area contributed by atoms with Crippen LogP contribution in [0.4, 0.5) is 0 Å². The Bertz CT molecular complexity index is 296. The Balaban J connectivity index is 2.01. The standard InChI is InChI=1S/C15H26O/c1-10-5-7-12-9-15(16-14(12,3)4)11(2)6-8-13(10)15/h10-13H,5-9H2,1-4H3/t10-,11-,12+,13?,15-/m0/s1. The summed E-state index contributed by atoms with van der Waals surface area (Å²) in [5, 5.41) is 0. The monoisotopic (exact) mass is 222 g/mol. The molecule has 2 aliphatic carbocycles. The van der Waals surface area contributed by atoms with Crippen molar-refractivity contribution in [3.63, 3.8) is 0 Å². The summed E-state index contributed by atoms with van der Waals surface area (Å²) in [5.74, 6) is 3.31. The highest BCUT2D eigenvalue weighted by molar-refractivity contribution is 5.10. The second-order valence-corrected chi connectivity index (χ2v) is 7.20. The first kappa shape index (κ1) is 11.1. The normalized spacial score (nSPS) is 54.8. The van der Waals surface area contributed by atoms with Crippen molar-refractivity contribution in [3.05, 3.63) is 0 Å². The Morgan fingerprint density at radius 1 is 1.00 bits per heavy atom. The SMILES string of the molecule is C[C@H]1CC[C@@H]2C[C@@]3(OC2(C)C)C1CC[C@@H]3C. The van der Waals surface area contributed by atoms with Crippen LogP contribution in [0.5, 0.6) is 0 Å². The van der Waals surface area contributed by atoms with Crippen LogP contribution >= 0.6 is 0 Å². The van der Waals surface area contributed by atoms with Crippen molar-refractivity contribution in [3.8, 4) is 0 Å². The molecule has 5 atom stereocenters. The molecule has 1 spiro atoms. The van der Waals surface area contributed by atoms with Crippen LogP contribution in [-0.4, -0.2) is 11.2 Å². The minimum absolute atomic E-state index is 0.136. The maximum absolute atomic E-state index is 6.65. The molecular weight excluding hydrogens is 196 g/mol. The fraction of sp³-hybridized carbons (Fsp3) is 1.00. The summed E-state index contributed by atoms with van der Waals surface area (Å²) in [6, 6.07) is 0. The van der Waals surface area contributed by atoms with E-state index in [1.165, 1.54) is 32.1 Å². The Kier molecular flexibility index (Phi) is 2.25. The lowest BCUT2D eigenvalue weighted by molar-refractivity contribution is -0.145. The Hall–Kier alpha value is -0.0400. The van der Waals surface area contributed by atoms with Crippen molar-refractivity contribution in [2.75, 3.05) is 0 Å². The molecule has 0 aromatic heterocycles. The third-order valence-corrected chi connectivity index (χ3v) is 6.03. The van der Waals surface area contributed by atoms with Crippen LogP contribution < -0.4 is 0 Å². The molecule has 92 valence electrons. The summed E-state index contributed by atoms with van der Waals surface area (Å²) in [7, 11) is 0. The van der Waals surface area contributed by atoms with Gasteiger partial charge in [0.1, 0.15) is 0 Å². The molecule has 3 fully saturated rings. The average molecular weight is 222 g/mol. The number of hydrogen-bond donors (Lipinski definition) is 0. The molecule has 2 bridgehead atoms. The number of hydrogen-bond acceptors (Lipinski definition) is 1. The van der Waals surface area contributed by atoms with E-state index >= 15 is 0 Å². The van der Waals surface area contributed by atoms with Crippen LogP contribution in [0, 0.1) is 23.7 Å². The predicted molar refractivity (Wildman–Crippen MR) is 66.3 cm³/mol. The molecule has 0 radical (unpaired) electrons. The number of fused-ring (bicyclic) bond motifs is 1. The van der Waals surface area contributed by atoms with Gasteiger partial charge < -0.3 is 4.74 Å². The second-order valence-electron chi connectivity index (χ2n) is 7.20. The van der Waals surface area contributed by atoms with Gasteiger partial charge in [-0.05, 0) is 69.6 Å². The van der Waals surface area contributed by atoms with Gasteiger partial charge in [0.25, 0.3) is 0 Å². The van der Waals surface area contributed by atoms with Gasteiger partial charge in [-0.3, -0.25) is 0 Å². The van der Waals surface area contributed by atoms with Gasteiger partial charge >= 0.3 is 0 Å². The molecule has 1 aliphatic heterocycles. The third kappa shape index (κ3) is 1.27. The summed E-state index contributed by atoms with van der Waals surface area (Å²) in [6.45, 7) is 9.53. The van der Waals surface area contributed by atoms with E-state index in [9.17, 15) is 0 Å². The molecule has 0 aromatic carbocycles. The van der Waals surface area contributed by atoms with Crippen molar-refractivity contribution in [2.24, 2.45) is 23.7 Å². The zero-order chi connectivity index (χ0) is 11.6. The Morgan fingerprint density at radius 2 is 1.75 bits per heavy atom. The van der Waals surface area contributed by atoms with Crippen molar-refractivity contribution < 1.29 is 4.74 Å². The highest BCUT2D eigenvalue weighted by Crippen LogP contribution is 2.61. The molecule has 1 heterocycles. The fourth-order valence-corrected chi connectivity index (χ4v) is 4.94. The second kappa shape index (κ2) is 3.25. The largest absolute Gasteiger partial charge is 0.368 e. The van der Waals surface area contributed by atoms with Gasteiger partial charge in [-0.25, -0.2) is 0 Å². The van der Waals surface area contributed by atoms with Crippen LogP contribution in [0.1, 0.15) is 59.8 Å². The molecule has 0 N–H and O–H groups in total. The molecule has 3 aliphatic rings. The summed E-state index contributed by atoms with van der Waals surface area (Å²) in [5.41, 5.74) is 0.390. The highest BCUT2D eigenvalue weighted by atomic mass is 16.5. The van der Waals surface area contributed by atoms with Crippen LogP contribution in [0.3, 0.4) is 0 Å². The van der Waals surface area contributed by atoms with Gasteiger partial charge in [0, 0.05) is 0 Å². The number of ether oxygens (including phenoxy) is 1. The van der Waals surface area contributed by atoms with Crippen molar-refractivity contribution in [1.82, 2.24) is 0 Å². The average Bonchev–Trinajstić information content (AvgIpc) is 2.57. The maximum atomic E-state index is 6.65. The molecular formula is C15H26O. The first-order valence-electron chi connectivity index (χ1n) is 7.16. The summed E-state index contributed by atoms with van der Waals surface area (Å²) in [4.78, 5) is 0. The maximum Gasteiger partial charge on any atom is 0.0749 e. The van der Waals surface area contributed by atoms with Crippen molar-refractivity contribution >= 4 is 0 Å². The van der Waals surface area contributed by atoms with E-state index in [4.69, 9.17) is 4.74 Å². The van der Waals surface area contributed by atoms with E-state index in [0.29, 0.717) is 0 Å². The van der Waals surface area contributed by atoms with E-state index in [2.05, 4.69) is 27.7 Å². The van der Waals surface area contributed by atoms with Crippen molar-refractivity contribution in [2.45, 2.75) is 71.0 Å². The molecule has 16 heavy (non-hydrogen) atoms. The molecule has 1 nitrogen and oxygen atoms in total. The highest BCUT2D eigenvalue weighted by Gasteiger charge is 2.61. The zero-order valence-electron chi connectivity index (χ0n) is 11.3. The quantitative estimate of drug-likeness (QED) is 0.601. The topological polar surface area (TPSA) is 9.23 Å². The summed E-state index contributed by atoms with van der Waals surface area (Å²) < 4.78 is 6.65.